The Hall–Kier alpha value is -3.68. The normalized spacial score (nSPS) is 11.3. The lowest BCUT2D eigenvalue weighted by Crippen LogP contribution is -2.14. The molecule has 0 spiro atoms. The molecule has 0 saturated heterocycles. The number of hydrogen-bond donors (Lipinski definition) is 3. The SMILES string of the molecule is CN(C)CCCn1cc(-c2c[nH]c(C(=O)C=O)c2Nc2cccc(CN)c2)c2ccccc21. The minimum absolute atomic E-state index is 0.239. The number of nitrogens with zero attached hydrogens (tertiary/aromatic N) is 2. The van der Waals surface area contributed by atoms with Crippen LogP contribution in [0, 0.1) is 0 Å². The van der Waals surface area contributed by atoms with Gasteiger partial charge in [0.15, 0.2) is 6.29 Å². The molecule has 7 nitrogen and oxygen atoms in total. The molecule has 0 bridgehead atoms. The number of Topliss-reactive ketones (excluding diaryl/α,β-unsaturated/α-hetero) is 1. The monoisotopic (exact) mass is 443 g/mol. The zero-order chi connectivity index (χ0) is 23.4. The van der Waals surface area contributed by atoms with Gasteiger partial charge in [-0.05, 0) is 50.8 Å². The van der Waals surface area contributed by atoms with E-state index < -0.39 is 5.78 Å². The van der Waals surface area contributed by atoms with Gasteiger partial charge in [-0.1, -0.05) is 30.3 Å². The molecule has 0 aliphatic rings. The van der Waals surface area contributed by atoms with Crippen molar-refractivity contribution in [1.82, 2.24) is 14.5 Å². The Morgan fingerprint density at radius 3 is 2.73 bits per heavy atom. The van der Waals surface area contributed by atoms with Crippen LogP contribution in [-0.2, 0) is 17.9 Å². The summed E-state index contributed by atoms with van der Waals surface area (Å²) in [6, 6.07) is 15.9. The highest BCUT2D eigenvalue weighted by atomic mass is 16.2. The molecular formula is C26H29N5O2. The molecule has 0 saturated carbocycles. The van der Waals surface area contributed by atoms with Crippen molar-refractivity contribution in [2.45, 2.75) is 19.5 Å². The molecule has 0 amide bonds. The fourth-order valence-corrected chi connectivity index (χ4v) is 4.14. The van der Waals surface area contributed by atoms with Crippen LogP contribution in [0.15, 0.2) is 60.9 Å². The van der Waals surface area contributed by atoms with Gasteiger partial charge in [0, 0.05) is 53.2 Å². The molecule has 4 aromatic rings. The Kier molecular flexibility index (Phi) is 6.72. The molecule has 0 aliphatic heterocycles. The van der Waals surface area contributed by atoms with E-state index in [1.165, 1.54) is 0 Å². The van der Waals surface area contributed by atoms with Gasteiger partial charge in [0.25, 0.3) is 0 Å². The van der Waals surface area contributed by atoms with Crippen molar-refractivity contribution in [3.05, 3.63) is 72.2 Å². The van der Waals surface area contributed by atoms with Gasteiger partial charge in [-0.15, -0.1) is 0 Å². The van der Waals surface area contributed by atoms with E-state index in [4.69, 9.17) is 5.73 Å². The van der Waals surface area contributed by atoms with Crippen LogP contribution in [0.5, 0.6) is 0 Å². The van der Waals surface area contributed by atoms with Crippen LogP contribution in [0.1, 0.15) is 22.5 Å². The third-order valence-corrected chi connectivity index (χ3v) is 5.75. The minimum Gasteiger partial charge on any atom is -0.356 e. The lowest BCUT2D eigenvalue weighted by Gasteiger charge is -2.11. The Balaban J connectivity index is 1.81. The number of ketones is 1. The highest BCUT2D eigenvalue weighted by Crippen LogP contribution is 2.38. The van der Waals surface area contributed by atoms with Crippen molar-refractivity contribution in [1.29, 1.82) is 0 Å². The Bertz CT molecular complexity index is 1290. The number of aromatic amines is 1. The summed E-state index contributed by atoms with van der Waals surface area (Å²) < 4.78 is 2.25. The second-order valence-corrected chi connectivity index (χ2v) is 8.37. The quantitative estimate of drug-likeness (QED) is 0.194. The number of para-hydroxylation sites is 1. The molecule has 2 aromatic carbocycles. The number of nitrogens with two attached hydrogens (primary N) is 1. The smallest absolute Gasteiger partial charge is 0.243 e. The van der Waals surface area contributed by atoms with E-state index in [-0.39, 0.29) is 5.69 Å². The summed E-state index contributed by atoms with van der Waals surface area (Å²) in [4.78, 5) is 28.9. The van der Waals surface area contributed by atoms with E-state index in [9.17, 15) is 9.59 Å². The fourth-order valence-electron chi connectivity index (χ4n) is 4.14. The Morgan fingerprint density at radius 2 is 1.97 bits per heavy atom. The van der Waals surface area contributed by atoms with Crippen LogP contribution in [-0.4, -0.2) is 47.2 Å². The maximum atomic E-state index is 12.4. The predicted octanol–water partition coefficient (Wildman–Crippen LogP) is 4.17. The number of aryl methyl sites for hydroxylation is 1. The highest BCUT2D eigenvalue weighted by molar-refractivity contribution is 6.35. The number of fused-ring (bicyclic) bond motifs is 1. The van der Waals surface area contributed by atoms with Crippen molar-refractivity contribution in [2.24, 2.45) is 5.73 Å². The number of benzene rings is 2. The average molecular weight is 444 g/mol. The molecule has 7 heteroatoms. The third-order valence-electron chi connectivity index (χ3n) is 5.75. The van der Waals surface area contributed by atoms with Crippen LogP contribution in [0.3, 0.4) is 0 Å². The van der Waals surface area contributed by atoms with E-state index in [2.05, 4.69) is 52.2 Å². The van der Waals surface area contributed by atoms with Crippen LogP contribution < -0.4 is 11.1 Å². The molecule has 0 aliphatic carbocycles. The molecule has 4 rings (SSSR count). The molecule has 0 unspecified atom stereocenters. The number of hydrogen-bond acceptors (Lipinski definition) is 5. The molecule has 2 aromatic heterocycles. The lowest BCUT2D eigenvalue weighted by atomic mass is 10.0. The predicted molar refractivity (Wildman–Crippen MR) is 133 cm³/mol. The van der Waals surface area contributed by atoms with Crippen molar-refractivity contribution in [3.63, 3.8) is 0 Å². The molecule has 0 radical (unpaired) electrons. The van der Waals surface area contributed by atoms with Gasteiger partial charge in [0.05, 0.1) is 5.69 Å². The molecule has 0 atom stereocenters. The number of aromatic nitrogens is 2. The molecule has 4 N–H and O–H groups in total. The van der Waals surface area contributed by atoms with E-state index >= 15 is 0 Å². The number of rotatable bonds is 10. The topological polar surface area (TPSA) is 96.1 Å². The minimum atomic E-state index is -0.603. The van der Waals surface area contributed by atoms with Crippen LogP contribution >= 0.6 is 0 Å². The van der Waals surface area contributed by atoms with Crippen molar-refractivity contribution in [2.75, 3.05) is 26.0 Å². The van der Waals surface area contributed by atoms with E-state index in [0.717, 1.165) is 52.8 Å². The van der Waals surface area contributed by atoms with Gasteiger partial charge in [0.2, 0.25) is 5.78 Å². The summed E-state index contributed by atoms with van der Waals surface area (Å²) >= 11 is 0. The van der Waals surface area contributed by atoms with Gasteiger partial charge < -0.3 is 25.5 Å². The number of carbonyl (C=O) groups is 2. The van der Waals surface area contributed by atoms with Gasteiger partial charge in [0.1, 0.15) is 5.69 Å². The summed E-state index contributed by atoms with van der Waals surface area (Å²) in [6.45, 7) is 2.29. The lowest BCUT2D eigenvalue weighted by molar-refractivity contribution is -0.104. The van der Waals surface area contributed by atoms with Crippen LogP contribution in [0.2, 0.25) is 0 Å². The second-order valence-electron chi connectivity index (χ2n) is 8.37. The highest BCUT2D eigenvalue weighted by Gasteiger charge is 2.21. The number of anilines is 2. The van der Waals surface area contributed by atoms with Crippen molar-refractivity contribution >= 4 is 34.3 Å². The first-order valence-electron chi connectivity index (χ1n) is 11.0. The largest absolute Gasteiger partial charge is 0.356 e. The maximum Gasteiger partial charge on any atom is 0.243 e. The molecule has 33 heavy (non-hydrogen) atoms. The Morgan fingerprint density at radius 1 is 1.15 bits per heavy atom. The second kappa shape index (κ2) is 9.85. The molecule has 2 heterocycles. The van der Waals surface area contributed by atoms with Crippen LogP contribution in [0.4, 0.5) is 11.4 Å². The first kappa shape index (κ1) is 22.5. The summed E-state index contributed by atoms with van der Waals surface area (Å²) in [7, 11) is 4.14. The van der Waals surface area contributed by atoms with E-state index in [1.54, 1.807) is 6.20 Å². The molecule has 0 fully saturated rings. The average Bonchev–Trinajstić information content (AvgIpc) is 3.40. The summed E-state index contributed by atoms with van der Waals surface area (Å²) in [5.74, 6) is -0.603. The summed E-state index contributed by atoms with van der Waals surface area (Å²) in [5, 5.41) is 4.45. The summed E-state index contributed by atoms with van der Waals surface area (Å²) in [5.41, 5.74) is 11.3. The first-order valence-corrected chi connectivity index (χ1v) is 11.0. The van der Waals surface area contributed by atoms with Crippen molar-refractivity contribution < 1.29 is 9.59 Å². The first-order chi connectivity index (χ1) is 16.0. The van der Waals surface area contributed by atoms with Gasteiger partial charge in [-0.3, -0.25) is 9.59 Å². The number of H-pyrrole nitrogens is 1. The zero-order valence-electron chi connectivity index (χ0n) is 19.0. The maximum absolute atomic E-state index is 12.4. The fraction of sp³-hybridized carbons (Fsp3) is 0.231. The van der Waals surface area contributed by atoms with Gasteiger partial charge in [-0.25, -0.2) is 0 Å². The van der Waals surface area contributed by atoms with E-state index in [1.807, 2.05) is 36.4 Å². The molecular weight excluding hydrogens is 414 g/mol. The summed E-state index contributed by atoms with van der Waals surface area (Å²) in [6.07, 6.45) is 5.27. The van der Waals surface area contributed by atoms with Gasteiger partial charge >= 0.3 is 0 Å². The number of carbonyl (C=O) groups excluding carboxylic acids is 2. The zero-order valence-corrected chi connectivity index (χ0v) is 19.0. The van der Waals surface area contributed by atoms with E-state index in [0.29, 0.717) is 18.5 Å². The Labute approximate surface area is 193 Å². The van der Waals surface area contributed by atoms with Crippen molar-refractivity contribution in [3.8, 4) is 11.1 Å². The molecule has 170 valence electrons. The van der Waals surface area contributed by atoms with Gasteiger partial charge in [-0.2, -0.15) is 0 Å². The number of aldehydes is 1. The standard InChI is InChI=1S/C26H29N5O2/c1-30(2)11-6-12-31-16-22(20-9-3-4-10-23(20)31)21-15-28-26(24(33)17-32)25(21)29-19-8-5-7-18(13-19)14-27/h3-5,7-10,13,15-17,28-29H,6,11-12,14,27H2,1-2H3. The number of nitrogens with one attached hydrogen (secondary N) is 2. The third kappa shape index (κ3) is 4.74. The van der Waals surface area contributed by atoms with Crippen LogP contribution in [0.25, 0.3) is 22.0 Å².